The molecule has 0 fully saturated rings. The molecule has 0 saturated carbocycles. The summed E-state index contributed by atoms with van der Waals surface area (Å²) >= 11 is 1.51. The van der Waals surface area contributed by atoms with Gasteiger partial charge in [0, 0.05) is 15.8 Å². The molecule has 1 aromatic carbocycles. The molecule has 0 atom stereocenters. The number of para-hydroxylation sites is 2. The third-order valence-electron chi connectivity index (χ3n) is 2.87. The molecule has 0 spiro atoms. The number of carbonyl (C=O) groups is 2. The van der Waals surface area contributed by atoms with E-state index < -0.39 is 25.1 Å². The van der Waals surface area contributed by atoms with E-state index in [2.05, 4.69) is 10.1 Å². The quantitative estimate of drug-likeness (QED) is 0.596. The van der Waals surface area contributed by atoms with Crippen molar-refractivity contribution in [3.8, 4) is 5.75 Å². The number of hydrogen-bond donors (Lipinski definition) is 1. The average Bonchev–Trinajstić information content (AvgIpc) is 2.98. The first-order chi connectivity index (χ1) is 11.9. The van der Waals surface area contributed by atoms with Gasteiger partial charge in [-0.2, -0.15) is 8.78 Å². The fraction of sp³-hybridized carbons (Fsp3) is 0.176. The largest absolute Gasteiger partial charge is 0.452 e. The van der Waals surface area contributed by atoms with Crippen LogP contribution in [0.5, 0.6) is 5.75 Å². The predicted molar refractivity (Wildman–Crippen MR) is 90.8 cm³/mol. The molecule has 0 saturated heterocycles. The van der Waals surface area contributed by atoms with Gasteiger partial charge in [0.2, 0.25) is 0 Å². The number of nitrogens with one attached hydrogen (secondary N) is 1. The molecule has 8 heteroatoms. The first kappa shape index (κ1) is 18.6. The van der Waals surface area contributed by atoms with E-state index in [-0.39, 0.29) is 11.4 Å². The lowest BCUT2D eigenvalue weighted by Gasteiger charge is -2.11. The second kappa shape index (κ2) is 8.93. The van der Waals surface area contributed by atoms with Gasteiger partial charge < -0.3 is 14.8 Å². The van der Waals surface area contributed by atoms with Crippen molar-refractivity contribution < 1.29 is 27.8 Å². The Labute approximate surface area is 146 Å². The second-order valence-corrected chi connectivity index (χ2v) is 6.13. The summed E-state index contributed by atoms with van der Waals surface area (Å²) in [6, 6.07) is 9.50. The van der Waals surface area contributed by atoms with Crippen LogP contribution in [0.15, 0.2) is 42.5 Å². The van der Waals surface area contributed by atoms with Crippen LogP contribution in [-0.2, 0) is 14.3 Å². The molecule has 2 aromatic rings. The third kappa shape index (κ3) is 6.34. The van der Waals surface area contributed by atoms with Gasteiger partial charge in [-0.05, 0) is 37.3 Å². The number of carbonyl (C=O) groups excluding carboxylic acids is 2. The molecule has 1 N–H and O–H groups in total. The molecule has 0 unspecified atom stereocenters. The molecule has 0 aliphatic heterocycles. The van der Waals surface area contributed by atoms with Gasteiger partial charge in [0.05, 0.1) is 5.69 Å². The van der Waals surface area contributed by atoms with Gasteiger partial charge in [-0.15, -0.1) is 11.3 Å². The van der Waals surface area contributed by atoms with E-state index in [1.54, 1.807) is 12.1 Å². The fourth-order valence-corrected chi connectivity index (χ4v) is 2.61. The van der Waals surface area contributed by atoms with Crippen molar-refractivity contribution in [2.45, 2.75) is 13.5 Å². The third-order valence-corrected chi connectivity index (χ3v) is 3.83. The Morgan fingerprint density at radius 2 is 2.00 bits per heavy atom. The second-order valence-electron chi connectivity index (χ2n) is 4.81. The minimum absolute atomic E-state index is 0.0634. The highest BCUT2D eigenvalue weighted by Crippen LogP contribution is 2.25. The number of rotatable bonds is 7. The monoisotopic (exact) mass is 367 g/mol. The molecule has 1 heterocycles. The topological polar surface area (TPSA) is 64.6 Å². The summed E-state index contributed by atoms with van der Waals surface area (Å²) < 4.78 is 33.7. The van der Waals surface area contributed by atoms with Crippen molar-refractivity contribution in [3.63, 3.8) is 0 Å². The van der Waals surface area contributed by atoms with Crippen molar-refractivity contribution in [2.75, 3.05) is 11.9 Å². The van der Waals surface area contributed by atoms with E-state index in [4.69, 9.17) is 4.74 Å². The molecule has 1 aromatic heterocycles. The Kier molecular flexibility index (Phi) is 6.64. The lowest BCUT2D eigenvalue weighted by atomic mass is 10.3. The highest BCUT2D eigenvalue weighted by molar-refractivity contribution is 7.12. The Bertz CT molecular complexity index is 774. The van der Waals surface area contributed by atoms with E-state index in [1.165, 1.54) is 35.6 Å². The molecule has 25 heavy (non-hydrogen) atoms. The minimum Gasteiger partial charge on any atom is -0.452 e. The van der Waals surface area contributed by atoms with Crippen molar-refractivity contribution in [2.24, 2.45) is 0 Å². The summed E-state index contributed by atoms with van der Waals surface area (Å²) in [7, 11) is 0. The Balaban J connectivity index is 1.84. The maximum Gasteiger partial charge on any atom is 0.387 e. The van der Waals surface area contributed by atoms with Crippen LogP contribution in [0.1, 0.15) is 9.75 Å². The molecule has 0 aliphatic rings. The van der Waals surface area contributed by atoms with E-state index in [0.717, 1.165) is 9.75 Å². The van der Waals surface area contributed by atoms with E-state index >= 15 is 0 Å². The number of amides is 1. The summed E-state index contributed by atoms with van der Waals surface area (Å²) in [5.74, 6) is -1.53. The Hall–Kier alpha value is -2.74. The summed E-state index contributed by atoms with van der Waals surface area (Å²) in [4.78, 5) is 25.4. The number of ether oxygens (including phenoxy) is 2. The first-order valence-corrected chi connectivity index (χ1v) is 8.00. The molecule has 0 radical (unpaired) electrons. The Morgan fingerprint density at radius 3 is 2.68 bits per heavy atom. The lowest BCUT2D eigenvalue weighted by Crippen LogP contribution is -2.20. The number of alkyl halides is 2. The fourth-order valence-electron chi connectivity index (χ4n) is 1.83. The number of halogens is 2. The van der Waals surface area contributed by atoms with Gasteiger partial charge in [-0.25, -0.2) is 4.79 Å². The molecule has 2 rings (SSSR count). The lowest BCUT2D eigenvalue weighted by molar-refractivity contribution is -0.142. The zero-order valence-corrected chi connectivity index (χ0v) is 14.0. The molecular formula is C17H15F2NO4S. The summed E-state index contributed by atoms with van der Waals surface area (Å²) in [5.41, 5.74) is 0.0634. The van der Waals surface area contributed by atoms with Crippen LogP contribution in [0.25, 0.3) is 6.08 Å². The van der Waals surface area contributed by atoms with Gasteiger partial charge in [-0.3, -0.25) is 4.79 Å². The number of aryl methyl sites for hydroxylation is 1. The number of anilines is 1. The molecule has 5 nitrogen and oxygen atoms in total. The molecule has 1 amide bonds. The molecule has 132 valence electrons. The number of hydrogen-bond acceptors (Lipinski definition) is 5. The number of thiophene rings is 1. The SMILES string of the molecule is Cc1ccc(/C=C/C(=O)OCC(=O)Nc2ccccc2OC(F)F)s1. The van der Waals surface area contributed by atoms with Gasteiger partial charge in [0.15, 0.2) is 6.61 Å². The smallest absolute Gasteiger partial charge is 0.387 e. The van der Waals surface area contributed by atoms with Crippen molar-refractivity contribution in [3.05, 3.63) is 52.2 Å². The van der Waals surface area contributed by atoms with Gasteiger partial charge in [0.25, 0.3) is 5.91 Å². The molecule has 0 bridgehead atoms. The number of esters is 1. The van der Waals surface area contributed by atoms with Crippen molar-refractivity contribution in [1.29, 1.82) is 0 Å². The van der Waals surface area contributed by atoms with E-state index in [9.17, 15) is 18.4 Å². The highest BCUT2D eigenvalue weighted by atomic mass is 32.1. The standard InChI is InChI=1S/C17H15F2NO4S/c1-11-6-7-12(25-11)8-9-16(22)23-10-15(21)20-13-4-2-3-5-14(13)24-17(18)19/h2-9,17H,10H2,1H3,(H,20,21)/b9-8+. The maximum absolute atomic E-state index is 12.3. The molecular weight excluding hydrogens is 352 g/mol. The normalized spacial score (nSPS) is 10.9. The predicted octanol–water partition coefficient (Wildman–Crippen LogP) is 3.85. The Morgan fingerprint density at radius 1 is 1.24 bits per heavy atom. The van der Waals surface area contributed by atoms with Gasteiger partial charge >= 0.3 is 12.6 Å². The van der Waals surface area contributed by atoms with Crippen LogP contribution in [0, 0.1) is 6.92 Å². The number of benzene rings is 1. The maximum atomic E-state index is 12.3. The first-order valence-electron chi connectivity index (χ1n) is 7.19. The van der Waals surface area contributed by atoms with Crippen LogP contribution in [0.3, 0.4) is 0 Å². The summed E-state index contributed by atoms with van der Waals surface area (Å²) in [6.45, 7) is -1.61. The van der Waals surface area contributed by atoms with Crippen LogP contribution < -0.4 is 10.1 Å². The van der Waals surface area contributed by atoms with Crippen molar-refractivity contribution >= 4 is 35.0 Å². The van der Waals surface area contributed by atoms with Crippen molar-refractivity contribution in [1.82, 2.24) is 0 Å². The van der Waals surface area contributed by atoms with Crippen LogP contribution in [0.2, 0.25) is 0 Å². The van der Waals surface area contributed by atoms with Gasteiger partial charge in [-0.1, -0.05) is 12.1 Å². The highest BCUT2D eigenvalue weighted by Gasteiger charge is 2.12. The van der Waals surface area contributed by atoms with Crippen LogP contribution >= 0.6 is 11.3 Å². The molecule has 0 aliphatic carbocycles. The van der Waals surface area contributed by atoms with E-state index in [0.29, 0.717) is 0 Å². The zero-order valence-electron chi connectivity index (χ0n) is 13.2. The summed E-state index contributed by atoms with van der Waals surface area (Å²) in [5, 5.41) is 2.35. The average molecular weight is 367 g/mol. The van der Waals surface area contributed by atoms with Crippen LogP contribution in [-0.4, -0.2) is 25.1 Å². The van der Waals surface area contributed by atoms with Crippen LogP contribution in [0.4, 0.5) is 14.5 Å². The van der Waals surface area contributed by atoms with Gasteiger partial charge in [0.1, 0.15) is 5.75 Å². The minimum atomic E-state index is -3.01. The zero-order chi connectivity index (χ0) is 18.2. The summed E-state index contributed by atoms with van der Waals surface area (Å²) in [6.07, 6.45) is 2.80. The van der Waals surface area contributed by atoms with E-state index in [1.807, 2.05) is 19.1 Å².